The van der Waals surface area contributed by atoms with Gasteiger partial charge in [0.15, 0.2) is 15.8 Å². The van der Waals surface area contributed by atoms with Crippen LogP contribution in [-0.4, -0.2) is 51.2 Å². The Labute approximate surface area is 157 Å². The van der Waals surface area contributed by atoms with Crippen molar-refractivity contribution in [2.24, 2.45) is 10.4 Å². The standard InChI is InChI=1S/C20H31N3O2S/c1-2-21-19(23-14-12-20(17-23)10-6-11-20)22-13-7-15-26(24,25)16-18-8-4-3-5-9-18/h3-5,8-9H,2,6-7,10-17H2,1H3,(H,21,22). The van der Waals surface area contributed by atoms with Crippen molar-refractivity contribution >= 4 is 15.8 Å². The Bertz CT molecular complexity index is 712. The molecule has 1 aromatic carbocycles. The summed E-state index contributed by atoms with van der Waals surface area (Å²) in [6.45, 7) is 5.65. The number of likely N-dealkylation sites (tertiary alicyclic amines) is 1. The van der Waals surface area contributed by atoms with Gasteiger partial charge in [0, 0.05) is 26.2 Å². The second-order valence-corrected chi connectivity index (χ2v) is 9.88. The summed E-state index contributed by atoms with van der Waals surface area (Å²) < 4.78 is 24.6. The van der Waals surface area contributed by atoms with Crippen molar-refractivity contribution in [1.29, 1.82) is 0 Å². The molecular weight excluding hydrogens is 346 g/mol. The van der Waals surface area contributed by atoms with Gasteiger partial charge in [-0.3, -0.25) is 4.99 Å². The second kappa shape index (κ2) is 8.42. The second-order valence-electron chi connectivity index (χ2n) is 7.69. The molecule has 0 aromatic heterocycles. The van der Waals surface area contributed by atoms with Crippen LogP contribution in [0.5, 0.6) is 0 Å². The third-order valence-corrected chi connectivity index (χ3v) is 7.28. The van der Waals surface area contributed by atoms with Gasteiger partial charge in [-0.2, -0.15) is 0 Å². The lowest BCUT2D eigenvalue weighted by molar-refractivity contribution is 0.151. The number of rotatable bonds is 7. The Hall–Kier alpha value is -1.56. The fourth-order valence-electron chi connectivity index (χ4n) is 4.00. The van der Waals surface area contributed by atoms with E-state index in [0.717, 1.165) is 31.2 Å². The summed E-state index contributed by atoms with van der Waals surface area (Å²) in [7, 11) is -3.08. The van der Waals surface area contributed by atoms with Crippen LogP contribution in [0.4, 0.5) is 0 Å². The minimum absolute atomic E-state index is 0.117. The maximum absolute atomic E-state index is 12.3. The van der Waals surface area contributed by atoms with Crippen LogP contribution < -0.4 is 5.32 Å². The maximum Gasteiger partial charge on any atom is 0.193 e. The molecule has 1 aliphatic carbocycles. The van der Waals surface area contributed by atoms with Crippen molar-refractivity contribution in [3.8, 4) is 0 Å². The Morgan fingerprint density at radius 3 is 2.62 bits per heavy atom. The highest BCUT2D eigenvalue weighted by atomic mass is 32.2. The van der Waals surface area contributed by atoms with Gasteiger partial charge in [0.1, 0.15) is 0 Å². The number of benzene rings is 1. The molecule has 144 valence electrons. The van der Waals surface area contributed by atoms with Gasteiger partial charge < -0.3 is 10.2 Å². The molecule has 5 nitrogen and oxygen atoms in total. The zero-order valence-corrected chi connectivity index (χ0v) is 16.6. The van der Waals surface area contributed by atoms with Gasteiger partial charge in [-0.25, -0.2) is 8.42 Å². The fraction of sp³-hybridized carbons (Fsp3) is 0.650. The highest BCUT2D eigenvalue weighted by Crippen LogP contribution is 2.47. The Kier molecular flexibility index (Phi) is 6.22. The van der Waals surface area contributed by atoms with Crippen LogP contribution in [0.3, 0.4) is 0 Å². The lowest BCUT2D eigenvalue weighted by Gasteiger charge is -2.38. The number of aliphatic imine (C=N–C) groups is 1. The van der Waals surface area contributed by atoms with E-state index in [1.807, 2.05) is 30.3 Å². The van der Waals surface area contributed by atoms with Crippen LogP contribution in [0.15, 0.2) is 35.3 Å². The first-order chi connectivity index (χ1) is 12.5. The molecule has 2 aliphatic rings. The van der Waals surface area contributed by atoms with Crippen molar-refractivity contribution < 1.29 is 8.42 Å². The summed E-state index contributed by atoms with van der Waals surface area (Å²) in [6, 6.07) is 9.38. The van der Waals surface area contributed by atoms with Gasteiger partial charge in [0.05, 0.1) is 11.5 Å². The van der Waals surface area contributed by atoms with Gasteiger partial charge in [0.2, 0.25) is 0 Å². The summed E-state index contributed by atoms with van der Waals surface area (Å²) in [6.07, 6.45) is 5.90. The molecule has 26 heavy (non-hydrogen) atoms. The molecule has 3 rings (SSSR count). The van der Waals surface area contributed by atoms with Crippen LogP contribution in [0.1, 0.15) is 44.6 Å². The van der Waals surface area contributed by atoms with Crippen molar-refractivity contribution in [3.05, 3.63) is 35.9 Å². The molecule has 1 aliphatic heterocycles. The summed E-state index contributed by atoms with van der Waals surface area (Å²) in [4.78, 5) is 7.06. The number of hydrogen-bond donors (Lipinski definition) is 1. The lowest BCUT2D eigenvalue weighted by atomic mass is 9.68. The minimum atomic E-state index is -3.08. The van der Waals surface area contributed by atoms with Crippen LogP contribution in [0, 0.1) is 5.41 Å². The first kappa shape index (κ1) is 19.2. The van der Waals surface area contributed by atoms with Crippen LogP contribution >= 0.6 is 0 Å². The van der Waals surface area contributed by atoms with Gasteiger partial charge in [0.25, 0.3) is 0 Å². The first-order valence-electron chi connectivity index (χ1n) is 9.80. The third kappa shape index (κ3) is 5.00. The topological polar surface area (TPSA) is 61.8 Å². The molecular formula is C20H31N3O2S. The van der Waals surface area contributed by atoms with Gasteiger partial charge in [-0.05, 0) is 43.6 Å². The smallest absolute Gasteiger partial charge is 0.193 e. The molecule has 0 atom stereocenters. The van der Waals surface area contributed by atoms with E-state index in [1.165, 1.54) is 25.7 Å². The normalized spacial score (nSPS) is 19.6. The Balaban J connectivity index is 1.49. The number of hydrogen-bond acceptors (Lipinski definition) is 3. The van der Waals surface area contributed by atoms with E-state index >= 15 is 0 Å². The molecule has 1 saturated heterocycles. The Morgan fingerprint density at radius 1 is 1.23 bits per heavy atom. The largest absolute Gasteiger partial charge is 0.357 e. The van der Waals surface area contributed by atoms with E-state index in [4.69, 9.17) is 4.99 Å². The van der Waals surface area contributed by atoms with Crippen LogP contribution in [0.2, 0.25) is 0 Å². The van der Waals surface area contributed by atoms with Crippen molar-refractivity contribution in [3.63, 3.8) is 0 Å². The SMILES string of the molecule is CCNC(=NCCCS(=O)(=O)Cc1ccccc1)N1CCC2(CCC2)C1. The molecule has 0 amide bonds. The van der Waals surface area contributed by atoms with Gasteiger partial charge in [-0.1, -0.05) is 36.8 Å². The van der Waals surface area contributed by atoms with E-state index in [9.17, 15) is 8.42 Å². The summed E-state index contributed by atoms with van der Waals surface area (Å²) in [5.74, 6) is 1.26. The van der Waals surface area contributed by atoms with E-state index in [0.29, 0.717) is 18.4 Å². The van der Waals surface area contributed by atoms with E-state index in [2.05, 4.69) is 17.1 Å². The number of sulfone groups is 1. The molecule has 6 heteroatoms. The fourth-order valence-corrected chi connectivity index (χ4v) is 5.41. The number of nitrogens with zero attached hydrogens (tertiary/aromatic N) is 2. The first-order valence-corrected chi connectivity index (χ1v) is 11.6. The number of guanidine groups is 1. The zero-order valence-electron chi connectivity index (χ0n) is 15.8. The average Bonchev–Trinajstić information content (AvgIpc) is 3.04. The maximum atomic E-state index is 12.3. The molecule has 1 spiro atoms. The number of nitrogens with one attached hydrogen (secondary N) is 1. The summed E-state index contributed by atoms with van der Waals surface area (Å²) >= 11 is 0. The van der Waals surface area contributed by atoms with E-state index in [-0.39, 0.29) is 11.5 Å². The highest BCUT2D eigenvalue weighted by molar-refractivity contribution is 7.90. The van der Waals surface area contributed by atoms with Crippen LogP contribution in [0.25, 0.3) is 0 Å². The molecule has 0 radical (unpaired) electrons. The lowest BCUT2D eigenvalue weighted by Crippen LogP contribution is -2.42. The molecule has 1 saturated carbocycles. The van der Waals surface area contributed by atoms with Crippen LogP contribution in [-0.2, 0) is 15.6 Å². The van der Waals surface area contributed by atoms with Crippen molar-refractivity contribution in [2.75, 3.05) is 31.9 Å². The quantitative estimate of drug-likeness (QED) is 0.451. The van der Waals surface area contributed by atoms with E-state index < -0.39 is 9.84 Å². The van der Waals surface area contributed by atoms with Crippen molar-refractivity contribution in [1.82, 2.24) is 10.2 Å². The van der Waals surface area contributed by atoms with Gasteiger partial charge >= 0.3 is 0 Å². The predicted molar refractivity (Wildman–Crippen MR) is 107 cm³/mol. The summed E-state index contributed by atoms with van der Waals surface area (Å²) in [5.41, 5.74) is 1.39. The molecule has 0 bridgehead atoms. The summed E-state index contributed by atoms with van der Waals surface area (Å²) in [5, 5.41) is 3.37. The van der Waals surface area contributed by atoms with Gasteiger partial charge in [-0.15, -0.1) is 0 Å². The van der Waals surface area contributed by atoms with Crippen molar-refractivity contribution in [2.45, 2.75) is 44.8 Å². The third-order valence-electron chi connectivity index (χ3n) is 5.59. The molecule has 0 unspecified atom stereocenters. The Morgan fingerprint density at radius 2 is 2.00 bits per heavy atom. The molecule has 1 heterocycles. The predicted octanol–water partition coefficient (Wildman–Crippen LogP) is 2.83. The monoisotopic (exact) mass is 377 g/mol. The molecule has 1 aromatic rings. The minimum Gasteiger partial charge on any atom is -0.357 e. The molecule has 2 fully saturated rings. The average molecular weight is 378 g/mol. The zero-order chi connectivity index (χ0) is 18.5. The van der Waals surface area contributed by atoms with E-state index in [1.54, 1.807) is 0 Å². The highest BCUT2D eigenvalue weighted by Gasteiger charge is 2.43. The molecule has 1 N–H and O–H groups in total.